The van der Waals surface area contributed by atoms with E-state index in [0.717, 1.165) is 17.9 Å². The number of fused-ring (bicyclic) bond motifs is 1. The molecule has 0 aromatic heterocycles. The number of benzene rings is 1. The topological polar surface area (TPSA) is 43.8 Å². The maximum atomic E-state index is 11.7. The van der Waals surface area contributed by atoms with Crippen molar-refractivity contribution in [1.82, 2.24) is 0 Å². The zero-order chi connectivity index (χ0) is 13.4. The van der Waals surface area contributed by atoms with E-state index in [1.54, 1.807) is 7.05 Å². The Labute approximate surface area is 108 Å². The highest BCUT2D eigenvalue weighted by Crippen LogP contribution is 2.37. The Bertz CT molecular complexity index is 471. The SMILES string of the molecule is CCN(c1ccc2c(c1)N(C)C(=O)C2O)C(C)C. The molecule has 4 nitrogen and oxygen atoms in total. The van der Waals surface area contributed by atoms with Crippen molar-refractivity contribution < 1.29 is 9.90 Å². The summed E-state index contributed by atoms with van der Waals surface area (Å²) in [6.07, 6.45) is -1.01. The van der Waals surface area contributed by atoms with Gasteiger partial charge in [0, 0.05) is 30.9 Å². The van der Waals surface area contributed by atoms with Gasteiger partial charge in [0.05, 0.1) is 5.69 Å². The van der Waals surface area contributed by atoms with Crippen molar-refractivity contribution in [3.63, 3.8) is 0 Å². The molecule has 1 aromatic rings. The molecule has 0 spiro atoms. The molecule has 0 radical (unpaired) electrons. The molecule has 18 heavy (non-hydrogen) atoms. The zero-order valence-electron chi connectivity index (χ0n) is 11.3. The molecule has 0 saturated heterocycles. The number of hydrogen-bond acceptors (Lipinski definition) is 3. The van der Waals surface area contributed by atoms with Crippen molar-refractivity contribution in [3.8, 4) is 0 Å². The maximum absolute atomic E-state index is 11.7. The van der Waals surface area contributed by atoms with Gasteiger partial charge >= 0.3 is 0 Å². The normalized spacial score (nSPS) is 18.4. The molecule has 1 unspecified atom stereocenters. The molecule has 0 fully saturated rings. The van der Waals surface area contributed by atoms with Crippen LogP contribution in [0.25, 0.3) is 0 Å². The summed E-state index contributed by atoms with van der Waals surface area (Å²) in [5, 5.41) is 9.81. The summed E-state index contributed by atoms with van der Waals surface area (Å²) >= 11 is 0. The number of carbonyl (C=O) groups excluding carboxylic acids is 1. The number of likely N-dealkylation sites (N-methyl/N-ethyl adjacent to an activating group) is 1. The predicted molar refractivity (Wildman–Crippen MR) is 73.0 cm³/mol. The van der Waals surface area contributed by atoms with Crippen LogP contribution >= 0.6 is 0 Å². The van der Waals surface area contributed by atoms with Crippen LogP contribution in [0.3, 0.4) is 0 Å². The lowest BCUT2D eigenvalue weighted by atomic mass is 10.1. The zero-order valence-corrected chi connectivity index (χ0v) is 11.3. The van der Waals surface area contributed by atoms with Crippen molar-refractivity contribution in [1.29, 1.82) is 0 Å². The molecule has 1 aromatic carbocycles. The minimum atomic E-state index is -1.01. The average molecular weight is 248 g/mol. The fraction of sp³-hybridized carbons (Fsp3) is 0.500. The molecule has 0 aliphatic carbocycles. The largest absolute Gasteiger partial charge is 0.378 e. The fourth-order valence-corrected chi connectivity index (χ4v) is 2.51. The van der Waals surface area contributed by atoms with Crippen LogP contribution in [-0.2, 0) is 4.79 Å². The molecule has 1 aliphatic rings. The smallest absolute Gasteiger partial charge is 0.260 e. The number of hydrogen-bond donors (Lipinski definition) is 1. The molecule has 1 heterocycles. The minimum absolute atomic E-state index is 0.255. The number of aliphatic hydroxyl groups excluding tert-OH is 1. The second-order valence-electron chi connectivity index (χ2n) is 4.92. The molecule has 2 rings (SSSR count). The van der Waals surface area contributed by atoms with E-state index >= 15 is 0 Å². The first kappa shape index (κ1) is 12.9. The van der Waals surface area contributed by atoms with Crippen molar-refractivity contribution >= 4 is 17.3 Å². The van der Waals surface area contributed by atoms with Crippen LogP contribution in [-0.4, -0.2) is 30.6 Å². The van der Waals surface area contributed by atoms with Gasteiger partial charge in [0.1, 0.15) is 0 Å². The first-order chi connectivity index (χ1) is 8.47. The summed E-state index contributed by atoms with van der Waals surface area (Å²) in [5.74, 6) is -0.255. The first-order valence-corrected chi connectivity index (χ1v) is 6.33. The van der Waals surface area contributed by atoms with Crippen LogP contribution < -0.4 is 9.80 Å². The van der Waals surface area contributed by atoms with E-state index in [0.29, 0.717) is 11.6 Å². The lowest BCUT2D eigenvalue weighted by Gasteiger charge is -2.28. The van der Waals surface area contributed by atoms with Gasteiger partial charge in [-0.15, -0.1) is 0 Å². The van der Waals surface area contributed by atoms with E-state index < -0.39 is 6.10 Å². The Morgan fingerprint density at radius 2 is 2.11 bits per heavy atom. The number of anilines is 2. The summed E-state index contributed by atoms with van der Waals surface area (Å²) in [6.45, 7) is 7.30. The Kier molecular flexibility index (Phi) is 3.30. The Balaban J connectivity index is 2.43. The highest BCUT2D eigenvalue weighted by molar-refractivity contribution is 6.03. The van der Waals surface area contributed by atoms with Gasteiger partial charge in [-0.1, -0.05) is 6.07 Å². The number of nitrogens with zero attached hydrogens (tertiary/aromatic N) is 2. The number of aliphatic hydroxyl groups is 1. The standard InChI is InChI=1S/C14H20N2O2/c1-5-16(9(2)3)10-6-7-11-12(8-10)15(4)14(18)13(11)17/h6-9,13,17H,5H2,1-4H3. The van der Waals surface area contributed by atoms with Crippen molar-refractivity contribution in [2.45, 2.75) is 32.9 Å². The second kappa shape index (κ2) is 4.61. The first-order valence-electron chi connectivity index (χ1n) is 6.33. The van der Waals surface area contributed by atoms with Gasteiger partial charge in [0.15, 0.2) is 6.10 Å². The van der Waals surface area contributed by atoms with Crippen LogP contribution in [0.5, 0.6) is 0 Å². The van der Waals surface area contributed by atoms with Crippen LogP contribution in [0.15, 0.2) is 18.2 Å². The molecular formula is C14H20N2O2. The summed E-state index contributed by atoms with van der Waals surface area (Å²) in [5.41, 5.74) is 2.59. The van der Waals surface area contributed by atoms with Gasteiger partial charge in [-0.2, -0.15) is 0 Å². The van der Waals surface area contributed by atoms with E-state index in [2.05, 4.69) is 25.7 Å². The quantitative estimate of drug-likeness (QED) is 0.889. The summed E-state index contributed by atoms with van der Waals surface area (Å²) in [6, 6.07) is 6.20. The van der Waals surface area contributed by atoms with E-state index in [9.17, 15) is 9.90 Å². The highest BCUT2D eigenvalue weighted by atomic mass is 16.3. The summed E-state index contributed by atoms with van der Waals surface area (Å²) in [4.78, 5) is 15.5. The number of carbonyl (C=O) groups is 1. The average Bonchev–Trinajstić information content (AvgIpc) is 2.55. The molecule has 98 valence electrons. The molecule has 0 saturated carbocycles. The van der Waals surface area contributed by atoms with Crippen molar-refractivity contribution in [3.05, 3.63) is 23.8 Å². The van der Waals surface area contributed by atoms with E-state index in [4.69, 9.17) is 0 Å². The fourth-order valence-electron chi connectivity index (χ4n) is 2.51. The third-order valence-corrected chi connectivity index (χ3v) is 3.53. The lowest BCUT2D eigenvalue weighted by molar-refractivity contribution is -0.125. The lowest BCUT2D eigenvalue weighted by Crippen LogP contribution is -2.30. The Morgan fingerprint density at radius 1 is 1.44 bits per heavy atom. The highest BCUT2D eigenvalue weighted by Gasteiger charge is 2.33. The van der Waals surface area contributed by atoms with Gasteiger partial charge in [0.2, 0.25) is 0 Å². The Hall–Kier alpha value is -1.55. The van der Waals surface area contributed by atoms with E-state index in [-0.39, 0.29) is 5.91 Å². The second-order valence-corrected chi connectivity index (χ2v) is 4.92. The predicted octanol–water partition coefficient (Wildman–Crippen LogP) is 1.93. The minimum Gasteiger partial charge on any atom is -0.378 e. The molecular weight excluding hydrogens is 228 g/mol. The molecule has 0 bridgehead atoms. The molecule has 1 amide bonds. The van der Waals surface area contributed by atoms with Gasteiger partial charge in [-0.05, 0) is 32.9 Å². The van der Waals surface area contributed by atoms with Crippen LogP contribution in [0, 0.1) is 0 Å². The van der Waals surface area contributed by atoms with Gasteiger partial charge in [-0.3, -0.25) is 4.79 Å². The number of amides is 1. The van der Waals surface area contributed by atoms with E-state index in [1.807, 2.05) is 18.2 Å². The van der Waals surface area contributed by atoms with Gasteiger partial charge in [0.25, 0.3) is 5.91 Å². The van der Waals surface area contributed by atoms with Gasteiger partial charge < -0.3 is 14.9 Å². The molecule has 4 heteroatoms. The Morgan fingerprint density at radius 3 is 2.67 bits per heavy atom. The molecule has 1 aliphatic heterocycles. The van der Waals surface area contributed by atoms with Crippen molar-refractivity contribution in [2.75, 3.05) is 23.4 Å². The third kappa shape index (κ3) is 1.86. The number of rotatable bonds is 3. The van der Waals surface area contributed by atoms with Crippen LogP contribution in [0.4, 0.5) is 11.4 Å². The van der Waals surface area contributed by atoms with Crippen LogP contribution in [0.1, 0.15) is 32.4 Å². The maximum Gasteiger partial charge on any atom is 0.260 e. The van der Waals surface area contributed by atoms with E-state index in [1.165, 1.54) is 4.90 Å². The molecule has 1 N–H and O–H groups in total. The van der Waals surface area contributed by atoms with Crippen molar-refractivity contribution in [2.24, 2.45) is 0 Å². The monoisotopic (exact) mass is 248 g/mol. The molecule has 1 atom stereocenters. The van der Waals surface area contributed by atoms with Crippen LogP contribution in [0.2, 0.25) is 0 Å². The third-order valence-electron chi connectivity index (χ3n) is 3.53. The van der Waals surface area contributed by atoms with Gasteiger partial charge in [-0.25, -0.2) is 0 Å². The summed E-state index contributed by atoms with van der Waals surface area (Å²) in [7, 11) is 1.70. The summed E-state index contributed by atoms with van der Waals surface area (Å²) < 4.78 is 0.